The number of aromatic hydroxyl groups is 1. The Bertz CT molecular complexity index is 1000. The molecule has 0 atom stereocenters. The molecule has 1 heterocycles. The van der Waals surface area contributed by atoms with E-state index in [0.29, 0.717) is 18.9 Å². The fourth-order valence-corrected chi connectivity index (χ4v) is 3.64. The Morgan fingerprint density at radius 2 is 1.64 bits per heavy atom. The minimum Gasteiger partial charge on any atom is -0.493 e. The topological polar surface area (TPSA) is 79.7 Å². The van der Waals surface area contributed by atoms with Gasteiger partial charge in [0.2, 0.25) is 5.88 Å². The van der Waals surface area contributed by atoms with E-state index in [1.54, 1.807) is 6.07 Å². The first-order valence-corrected chi connectivity index (χ1v) is 11.6. The zero-order valence-corrected chi connectivity index (χ0v) is 19.4. The van der Waals surface area contributed by atoms with Crippen LogP contribution < -0.4 is 5.69 Å². The molecule has 0 aliphatic rings. The van der Waals surface area contributed by atoms with E-state index in [-0.39, 0.29) is 11.6 Å². The van der Waals surface area contributed by atoms with Gasteiger partial charge in [-0.2, -0.15) is 0 Å². The first-order valence-electron chi connectivity index (χ1n) is 11.6. The first kappa shape index (κ1) is 24.8. The number of aromatic amines is 1. The van der Waals surface area contributed by atoms with Gasteiger partial charge in [0.25, 0.3) is 0 Å². The molecule has 3 rings (SSSR count). The average Bonchev–Trinajstić information content (AvgIpc) is 3.16. The second-order valence-electron chi connectivity index (χ2n) is 8.26. The Balaban J connectivity index is 1.22. The first-order chi connectivity index (χ1) is 16.1. The summed E-state index contributed by atoms with van der Waals surface area (Å²) in [6, 6.07) is 17.9. The summed E-state index contributed by atoms with van der Waals surface area (Å²) in [6.45, 7) is 4.53. The highest BCUT2D eigenvalue weighted by atomic mass is 16.5. The predicted octanol–water partition coefficient (Wildman–Crippen LogP) is 4.10. The SMILES string of the molecule is CN(CCOCCCCCCOCc1ccccc1)Cc1cccc(-n2c(O)c[nH]c2=O)c1. The van der Waals surface area contributed by atoms with Crippen molar-refractivity contribution in [3.05, 3.63) is 82.4 Å². The summed E-state index contributed by atoms with van der Waals surface area (Å²) in [5.41, 5.74) is 2.58. The molecule has 0 fully saturated rings. The van der Waals surface area contributed by atoms with Gasteiger partial charge >= 0.3 is 5.69 Å². The smallest absolute Gasteiger partial charge is 0.333 e. The molecule has 0 unspecified atom stereocenters. The molecule has 0 saturated carbocycles. The van der Waals surface area contributed by atoms with Gasteiger partial charge in [-0.3, -0.25) is 4.90 Å². The molecule has 0 aliphatic carbocycles. The number of hydrogen-bond acceptors (Lipinski definition) is 5. The van der Waals surface area contributed by atoms with Crippen molar-refractivity contribution in [2.24, 2.45) is 0 Å². The van der Waals surface area contributed by atoms with Crippen LogP contribution in [0.25, 0.3) is 5.69 Å². The largest absolute Gasteiger partial charge is 0.493 e. The van der Waals surface area contributed by atoms with Gasteiger partial charge in [0.1, 0.15) is 0 Å². The van der Waals surface area contributed by atoms with Gasteiger partial charge < -0.3 is 19.6 Å². The lowest BCUT2D eigenvalue weighted by molar-refractivity contribution is 0.102. The van der Waals surface area contributed by atoms with E-state index in [1.807, 2.05) is 43.4 Å². The number of likely N-dealkylation sites (N-methyl/N-ethyl adjacent to an activating group) is 1. The molecular formula is C26H35N3O4. The van der Waals surface area contributed by atoms with Crippen molar-refractivity contribution in [2.45, 2.75) is 38.8 Å². The fourth-order valence-electron chi connectivity index (χ4n) is 3.64. The van der Waals surface area contributed by atoms with E-state index in [0.717, 1.165) is 57.6 Å². The summed E-state index contributed by atoms with van der Waals surface area (Å²) < 4.78 is 12.8. The minimum absolute atomic E-state index is 0.0985. The van der Waals surface area contributed by atoms with Crippen LogP contribution in [-0.4, -0.2) is 53.0 Å². The maximum absolute atomic E-state index is 11.9. The molecule has 0 radical (unpaired) electrons. The summed E-state index contributed by atoms with van der Waals surface area (Å²) in [4.78, 5) is 16.5. The monoisotopic (exact) mass is 453 g/mol. The number of unbranched alkanes of at least 4 members (excludes halogenated alkanes) is 3. The third-order valence-electron chi connectivity index (χ3n) is 5.43. The molecule has 3 aromatic rings. The van der Waals surface area contributed by atoms with E-state index in [4.69, 9.17) is 9.47 Å². The van der Waals surface area contributed by atoms with Gasteiger partial charge in [-0.15, -0.1) is 0 Å². The lowest BCUT2D eigenvalue weighted by Crippen LogP contribution is -2.23. The number of hydrogen-bond donors (Lipinski definition) is 2. The van der Waals surface area contributed by atoms with Crippen LogP contribution in [0.5, 0.6) is 5.88 Å². The Morgan fingerprint density at radius 1 is 0.909 bits per heavy atom. The van der Waals surface area contributed by atoms with Gasteiger partial charge in [0, 0.05) is 26.3 Å². The maximum atomic E-state index is 11.9. The molecule has 1 aromatic heterocycles. The van der Waals surface area contributed by atoms with Crippen LogP contribution >= 0.6 is 0 Å². The van der Waals surface area contributed by atoms with Gasteiger partial charge in [0.05, 0.1) is 25.1 Å². The Labute approximate surface area is 195 Å². The van der Waals surface area contributed by atoms with Crippen LogP contribution in [0.15, 0.2) is 65.6 Å². The van der Waals surface area contributed by atoms with Crippen molar-refractivity contribution < 1.29 is 14.6 Å². The molecule has 0 aliphatic heterocycles. The molecule has 2 N–H and O–H groups in total. The molecule has 178 valence electrons. The molecule has 0 spiro atoms. The summed E-state index contributed by atoms with van der Waals surface area (Å²) in [5, 5.41) is 9.86. The molecule has 0 amide bonds. The second kappa shape index (κ2) is 13.6. The molecule has 2 aromatic carbocycles. The van der Waals surface area contributed by atoms with E-state index < -0.39 is 0 Å². The number of imidazole rings is 1. The van der Waals surface area contributed by atoms with Crippen LogP contribution in [0.3, 0.4) is 0 Å². The Hall–Kier alpha value is -2.87. The lowest BCUT2D eigenvalue weighted by atomic mass is 10.2. The Kier molecular flexibility index (Phi) is 10.2. The molecule has 7 nitrogen and oxygen atoms in total. The zero-order valence-electron chi connectivity index (χ0n) is 19.4. The average molecular weight is 454 g/mol. The second-order valence-corrected chi connectivity index (χ2v) is 8.26. The highest BCUT2D eigenvalue weighted by Gasteiger charge is 2.08. The molecule has 0 bridgehead atoms. The van der Waals surface area contributed by atoms with Crippen LogP contribution in [0, 0.1) is 0 Å². The third-order valence-corrected chi connectivity index (χ3v) is 5.43. The molecular weight excluding hydrogens is 418 g/mol. The van der Waals surface area contributed by atoms with E-state index in [1.165, 1.54) is 16.3 Å². The number of benzene rings is 2. The lowest BCUT2D eigenvalue weighted by Gasteiger charge is -2.17. The molecule has 0 saturated heterocycles. The van der Waals surface area contributed by atoms with Crippen LogP contribution in [-0.2, 0) is 22.6 Å². The van der Waals surface area contributed by atoms with Crippen molar-refractivity contribution in [1.29, 1.82) is 0 Å². The minimum atomic E-state index is -0.355. The van der Waals surface area contributed by atoms with Gasteiger partial charge in [-0.1, -0.05) is 55.3 Å². The maximum Gasteiger partial charge on any atom is 0.333 e. The number of ether oxygens (including phenoxy) is 2. The van der Waals surface area contributed by atoms with Crippen molar-refractivity contribution in [1.82, 2.24) is 14.5 Å². The number of aromatic nitrogens is 2. The van der Waals surface area contributed by atoms with E-state index >= 15 is 0 Å². The van der Waals surface area contributed by atoms with Crippen molar-refractivity contribution in [2.75, 3.05) is 33.4 Å². The van der Waals surface area contributed by atoms with Crippen LogP contribution in [0.4, 0.5) is 0 Å². The summed E-state index contributed by atoms with van der Waals surface area (Å²) in [6.07, 6.45) is 5.76. The summed E-state index contributed by atoms with van der Waals surface area (Å²) in [7, 11) is 2.05. The number of rotatable bonds is 15. The fraction of sp³-hybridized carbons (Fsp3) is 0.423. The predicted molar refractivity (Wildman–Crippen MR) is 130 cm³/mol. The van der Waals surface area contributed by atoms with Gasteiger partial charge in [-0.25, -0.2) is 9.36 Å². The zero-order chi connectivity index (χ0) is 23.3. The standard InChI is InChI=1S/C26H35N3O4/c1-28(20-23-12-9-13-24(18-23)29-25(30)19-27-26(29)31)14-17-32-15-7-2-3-8-16-33-21-22-10-5-4-6-11-22/h4-6,9-13,18-19,30H,2-3,7-8,14-17,20-21H2,1H3,(H,27,31). The summed E-state index contributed by atoms with van der Waals surface area (Å²) in [5.74, 6) is -0.0985. The number of nitrogens with one attached hydrogen (secondary N) is 1. The number of nitrogens with zero attached hydrogens (tertiary/aromatic N) is 2. The van der Waals surface area contributed by atoms with Gasteiger partial charge in [-0.05, 0) is 43.1 Å². The molecule has 7 heteroatoms. The van der Waals surface area contributed by atoms with Crippen molar-refractivity contribution >= 4 is 0 Å². The van der Waals surface area contributed by atoms with E-state index in [9.17, 15) is 9.90 Å². The van der Waals surface area contributed by atoms with Crippen LogP contribution in [0.2, 0.25) is 0 Å². The number of H-pyrrole nitrogens is 1. The van der Waals surface area contributed by atoms with Crippen molar-refractivity contribution in [3.63, 3.8) is 0 Å². The van der Waals surface area contributed by atoms with E-state index in [2.05, 4.69) is 22.0 Å². The Morgan fingerprint density at radius 3 is 2.36 bits per heavy atom. The normalized spacial score (nSPS) is 11.3. The summed E-state index contributed by atoms with van der Waals surface area (Å²) >= 11 is 0. The highest BCUT2D eigenvalue weighted by molar-refractivity contribution is 5.38. The quantitative estimate of drug-likeness (QED) is 0.339. The van der Waals surface area contributed by atoms with Crippen molar-refractivity contribution in [3.8, 4) is 11.6 Å². The third kappa shape index (κ3) is 8.53. The molecule has 33 heavy (non-hydrogen) atoms. The van der Waals surface area contributed by atoms with Gasteiger partial charge in [0.15, 0.2) is 0 Å². The van der Waals surface area contributed by atoms with Crippen LogP contribution in [0.1, 0.15) is 36.8 Å². The highest BCUT2D eigenvalue weighted by Crippen LogP contribution is 2.15.